The van der Waals surface area contributed by atoms with Crippen molar-refractivity contribution in [3.8, 4) is 0 Å². The zero-order valence-corrected chi connectivity index (χ0v) is 10.0. The maximum atomic E-state index is 10.3. The number of hydrogen-bond acceptors (Lipinski definition) is 3. The lowest BCUT2D eigenvalue weighted by Crippen LogP contribution is -2.19. The van der Waals surface area contributed by atoms with E-state index in [1.807, 2.05) is 7.05 Å². The van der Waals surface area contributed by atoms with Gasteiger partial charge in [0.15, 0.2) is 0 Å². The molecule has 0 atom stereocenters. The largest absolute Gasteiger partial charge is 0.481 e. The molecule has 15 heavy (non-hydrogen) atoms. The van der Waals surface area contributed by atoms with Gasteiger partial charge in [-0.1, -0.05) is 0 Å². The van der Waals surface area contributed by atoms with Gasteiger partial charge in [0, 0.05) is 17.8 Å². The Balaban J connectivity index is 2.27. The molecule has 0 unspecified atom stereocenters. The predicted octanol–water partition coefficient (Wildman–Crippen LogP) is 2.35. The number of carbonyl (C=O) groups is 1. The first-order chi connectivity index (χ1) is 7.09. The summed E-state index contributed by atoms with van der Waals surface area (Å²) in [5.74, 6) is -0.712. The summed E-state index contributed by atoms with van der Waals surface area (Å²) in [4.78, 5) is 13.9. The second-order valence-electron chi connectivity index (χ2n) is 3.76. The highest BCUT2D eigenvalue weighted by atomic mass is 32.1. The summed E-state index contributed by atoms with van der Waals surface area (Å²) in [6.45, 7) is 3.86. The van der Waals surface area contributed by atoms with Crippen LogP contribution in [0.15, 0.2) is 11.4 Å². The van der Waals surface area contributed by atoms with Crippen LogP contribution in [0.4, 0.5) is 0 Å². The first kappa shape index (κ1) is 12.2. The maximum absolute atomic E-state index is 10.3. The summed E-state index contributed by atoms with van der Waals surface area (Å²) in [5.41, 5.74) is 1.32. The van der Waals surface area contributed by atoms with E-state index in [0.29, 0.717) is 0 Å². The van der Waals surface area contributed by atoms with Crippen LogP contribution in [-0.4, -0.2) is 29.6 Å². The van der Waals surface area contributed by atoms with Crippen LogP contribution in [0.3, 0.4) is 0 Å². The smallest absolute Gasteiger partial charge is 0.303 e. The molecule has 0 aliphatic heterocycles. The molecule has 1 rings (SSSR count). The number of carboxylic acids is 1. The van der Waals surface area contributed by atoms with E-state index in [2.05, 4.69) is 23.3 Å². The van der Waals surface area contributed by atoms with Crippen LogP contribution in [0.2, 0.25) is 0 Å². The van der Waals surface area contributed by atoms with Crippen LogP contribution in [0.5, 0.6) is 0 Å². The Morgan fingerprint density at radius 1 is 1.60 bits per heavy atom. The molecular formula is C11H17NO2S. The average molecular weight is 227 g/mol. The normalized spacial score (nSPS) is 10.9. The van der Waals surface area contributed by atoms with E-state index >= 15 is 0 Å². The van der Waals surface area contributed by atoms with Crippen molar-refractivity contribution in [2.75, 3.05) is 13.6 Å². The van der Waals surface area contributed by atoms with Crippen molar-refractivity contribution in [3.05, 3.63) is 21.9 Å². The van der Waals surface area contributed by atoms with Gasteiger partial charge in [0.2, 0.25) is 0 Å². The number of nitrogens with zero attached hydrogens (tertiary/aromatic N) is 1. The number of carboxylic acid groups (broad SMARTS) is 1. The molecule has 0 spiro atoms. The quantitative estimate of drug-likeness (QED) is 0.811. The molecule has 84 valence electrons. The predicted molar refractivity (Wildman–Crippen MR) is 62.3 cm³/mol. The Kier molecular flexibility index (Phi) is 4.78. The molecule has 0 amide bonds. The van der Waals surface area contributed by atoms with Gasteiger partial charge < -0.3 is 10.0 Å². The summed E-state index contributed by atoms with van der Waals surface area (Å²) in [6.07, 6.45) is 0.976. The Morgan fingerprint density at radius 2 is 2.33 bits per heavy atom. The minimum absolute atomic E-state index is 0.258. The summed E-state index contributed by atoms with van der Waals surface area (Å²) in [7, 11) is 2.03. The topological polar surface area (TPSA) is 40.5 Å². The molecule has 4 heteroatoms. The molecule has 1 heterocycles. The van der Waals surface area contributed by atoms with Crippen molar-refractivity contribution in [1.82, 2.24) is 4.90 Å². The zero-order valence-electron chi connectivity index (χ0n) is 9.19. The molecule has 1 N–H and O–H groups in total. The van der Waals surface area contributed by atoms with Crippen molar-refractivity contribution < 1.29 is 9.90 Å². The highest BCUT2D eigenvalue weighted by Crippen LogP contribution is 2.17. The molecule has 0 aromatic carbocycles. The van der Waals surface area contributed by atoms with Crippen molar-refractivity contribution in [1.29, 1.82) is 0 Å². The van der Waals surface area contributed by atoms with Crippen LogP contribution < -0.4 is 0 Å². The standard InChI is InChI=1S/C11H17NO2S/c1-9-5-7-15-10(9)8-12(2)6-3-4-11(13)14/h5,7H,3-4,6,8H2,1-2H3,(H,13,14). The van der Waals surface area contributed by atoms with Gasteiger partial charge in [0.1, 0.15) is 0 Å². The fourth-order valence-electron chi connectivity index (χ4n) is 1.39. The number of aliphatic carboxylic acids is 1. The van der Waals surface area contributed by atoms with Gasteiger partial charge in [-0.3, -0.25) is 4.79 Å². The van der Waals surface area contributed by atoms with Crippen molar-refractivity contribution in [3.63, 3.8) is 0 Å². The molecule has 0 saturated heterocycles. The van der Waals surface area contributed by atoms with E-state index in [-0.39, 0.29) is 6.42 Å². The molecule has 0 aliphatic carbocycles. The van der Waals surface area contributed by atoms with Crippen LogP contribution in [0.1, 0.15) is 23.3 Å². The fourth-order valence-corrected chi connectivity index (χ4v) is 2.38. The molecule has 1 aromatic heterocycles. The van der Waals surface area contributed by atoms with E-state index < -0.39 is 5.97 Å². The molecule has 0 radical (unpaired) electrons. The lowest BCUT2D eigenvalue weighted by molar-refractivity contribution is -0.137. The summed E-state index contributed by atoms with van der Waals surface area (Å²) in [6, 6.07) is 2.12. The molecule has 0 aliphatic rings. The van der Waals surface area contributed by atoms with Gasteiger partial charge in [-0.2, -0.15) is 0 Å². The second kappa shape index (κ2) is 5.88. The lowest BCUT2D eigenvalue weighted by atomic mass is 10.2. The monoisotopic (exact) mass is 227 g/mol. The van der Waals surface area contributed by atoms with E-state index in [0.717, 1.165) is 19.5 Å². The first-order valence-corrected chi connectivity index (χ1v) is 5.91. The van der Waals surface area contributed by atoms with E-state index in [4.69, 9.17) is 5.11 Å². The van der Waals surface area contributed by atoms with Crippen LogP contribution in [0.25, 0.3) is 0 Å². The van der Waals surface area contributed by atoms with Gasteiger partial charge in [0.25, 0.3) is 0 Å². The van der Waals surface area contributed by atoms with E-state index in [9.17, 15) is 4.79 Å². The molecular weight excluding hydrogens is 210 g/mol. The van der Waals surface area contributed by atoms with Gasteiger partial charge in [-0.15, -0.1) is 11.3 Å². The Hall–Kier alpha value is -0.870. The van der Waals surface area contributed by atoms with Gasteiger partial charge in [0.05, 0.1) is 0 Å². The number of thiophene rings is 1. The highest BCUT2D eigenvalue weighted by molar-refractivity contribution is 7.10. The van der Waals surface area contributed by atoms with Crippen molar-refractivity contribution >= 4 is 17.3 Å². The minimum Gasteiger partial charge on any atom is -0.481 e. The average Bonchev–Trinajstić information content (AvgIpc) is 2.51. The van der Waals surface area contributed by atoms with Crippen LogP contribution >= 0.6 is 11.3 Å². The molecule has 3 nitrogen and oxygen atoms in total. The third-order valence-electron chi connectivity index (χ3n) is 2.31. The summed E-state index contributed by atoms with van der Waals surface area (Å²) >= 11 is 1.76. The molecule has 0 bridgehead atoms. The third-order valence-corrected chi connectivity index (χ3v) is 3.32. The maximum Gasteiger partial charge on any atom is 0.303 e. The molecule has 0 saturated carbocycles. The minimum atomic E-state index is -0.712. The van der Waals surface area contributed by atoms with Gasteiger partial charge in [-0.25, -0.2) is 0 Å². The Morgan fingerprint density at radius 3 is 2.87 bits per heavy atom. The van der Waals surface area contributed by atoms with Crippen molar-refractivity contribution in [2.45, 2.75) is 26.3 Å². The zero-order chi connectivity index (χ0) is 11.3. The number of aryl methyl sites for hydroxylation is 1. The van der Waals surface area contributed by atoms with Gasteiger partial charge >= 0.3 is 5.97 Å². The van der Waals surface area contributed by atoms with Gasteiger partial charge in [-0.05, 0) is 43.9 Å². The highest BCUT2D eigenvalue weighted by Gasteiger charge is 2.05. The summed E-state index contributed by atoms with van der Waals surface area (Å²) in [5, 5.41) is 10.6. The number of hydrogen-bond donors (Lipinski definition) is 1. The lowest BCUT2D eigenvalue weighted by Gasteiger charge is -2.15. The Bertz CT molecular complexity index is 322. The summed E-state index contributed by atoms with van der Waals surface area (Å²) < 4.78 is 0. The third kappa shape index (κ3) is 4.44. The SMILES string of the molecule is Cc1ccsc1CN(C)CCCC(=O)O. The fraction of sp³-hybridized carbons (Fsp3) is 0.545. The Labute approximate surface area is 94.3 Å². The van der Waals surface area contributed by atoms with Crippen LogP contribution in [-0.2, 0) is 11.3 Å². The van der Waals surface area contributed by atoms with E-state index in [1.54, 1.807) is 11.3 Å². The van der Waals surface area contributed by atoms with Crippen molar-refractivity contribution in [2.24, 2.45) is 0 Å². The van der Waals surface area contributed by atoms with Crippen LogP contribution in [0, 0.1) is 6.92 Å². The second-order valence-corrected chi connectivity index (χ2v) is 4.76. The van der Waals surface area contributed by atoms with E-state index in [1.165, 1.54) is 10.4 Å². The molecule has 0 fully saturated rings. The number of rotatable bonds is 6. The molecule has 1 aromatic rings. The first-order valence-electron chi connectivity index (χ1n) is 5.03.